The molecule has 0 aliphatic rings. The van der Waals surface area contributed by atoms with Crippen molar-refractivity contribution in [2.45, 2.75) is 42.6 Å². The predicted molar refractivity (Wildman–Crippen MR) is 149 cm³/mol. The van der Waals surface area contributed by atoms with Crippen LogP contribution in [0, 0.1) is 0 Å². The summed E-state index contributed by atoms with van der Waals surface area (Å²) < 4.78 is 62.4. The molecule has 0 aliphatic heterocycles. The molecule has 0 saturated heterocycles. The van der Waals surface area contributed by atoms with Gasteiger partial charge in [-0.15, -0.1) is 0 Å². The summed E-state index contributed by atoms with van der Waals surface area (Å²) in [5.74, 6) is 0.544. The Kier molecular flexibility index (Phi) is 9.12. The van der Waals surface area contributed by atoms with E-state index in [1.807, 2.05) is 32.8 Å². The molecule has 0 fully saturated rings. The summed E-state index contributed by atoms with van der Waals surface area (Å²) in [6, 6.07) is 17.0. The van der Waals surface area contributed by atoms with Crippen LogP contribution in [0.15, 0.2) is 76.5 Å². The third-order valence-corrected chi connectivity index (χ3v) is 9.58. The number of hydrogen-bond donors (Lipinski definition) is 1. The molecular weight excluding hydrogens is 534 g/mol. The van der Waals surface area contributed by atoms with Gasteiger partial charge < -0.3 is 9.64 Å². The van der Waals surface area contributed by atoms with Crippen LogP contribution in [0.25, 0.3) is 0 Å². The minimum atomic E-state index is -3.89. The van der Waals surface area contributed by atoms with E-state index < -0.39 is 20.0 Å². The highest BCUT2D eigenvalue weighted by atomic mass is 35.5. The van der Waals surface area contributed by atoms with Crippen molar-refractivity contribution in [1.82, 2.24) is 4.31 Å². The second-order valence-electron chi connectivity index (χ2n) is 8.78. The zero-order valence-electron chi connectivity index (χ0n) is 21.5. The highest BCUT2D eigenvalue weighted by Gasteiger charge is 2.30. The van der Waals surface area contributed by atoms with Gasteiger partial charge >= 0.3 is 0 Å². The first kappa shape index (κ1) is 28.8. The Morgan fingerprint density at radius 1 is 0.946 bits per heavy atom. The minimum absolute atomic E-state index is 0.0372. The van der Waals surface area contributed by atoms with Gasteiger partial charge in [0.25, 0.3) is 10.0 Å². The molecule has 200 valence electrons. The third kappa shape index (κ3) is 6.75. The Balaban J connectivity index is 2.01. The molecule has 0 aliphatic carbocycles. The van der Waals surface area contributed by atoms with Crippen molar-refractivity contribution in [3.63, 3.8) is 0 Å². The number of nitrogens with one attached hydrogen (secondary N) is 1. The lowest BCUT2D eigenvalue weighted by Crippen LogP contribution is -2.38. The van der Waals surface area contributed by atoms with Crippen LogP contribution in [-0.2, 0) is 26.6 Å². The maximum atomic E-state index is 13.7. The Morgan fingerprint density at radius 3 is 2.19 bits per heavy atom. The Labute approximate surface area is 224 Å². The molecule has 1 atom stereocenters. The van der Waals surface area contributed by atoms with Gasteiger partial charge in [0.2, 0.25) is 10.0 Å². The Hall–Kier alpha value is -2.79. The number of halogens is 1. The Morgan fingerprint density at radius 2 is 1.62 bits per heavy atom. The van der Waals surface area contributed by atoms with E-state index in [1.165, 1.54) is 35.7 Å². The van der Waals surface area contributed by atoms with E-state index in [4.69, 9.17) is 16.3 Å². The summed E-state index contributed by atoms with van der Waals surface area (Å²) in [5.41, 5.74) is 1.73. The zero-order valence-corrected chi connectivity index (χ0v) is 23.9. The first-order valence-electron chi connectivity index (χ1n) is 11.6. The van der Waals surface area contributed by atoms with Gasteiger partial charge in [0.1, 0.15) is 5.75 Å². The molecule has 0 amide bonds. The normalized spacial score (nSPS) is 12.8. The fourth-order valence-corrected chi connectivity index (χ4v) is 6.83. The number of anilines is 2. The molecule has 0 aromatic heterocycles. The molecule has 0 radical (unpaired) electrons. The van der Waals surface area contributed by atoms with Gasteiger partial charge in [-0.3, -0.25) is 4.72 Å². The second-order valence-corrected chi connectivity index (χ2v) is 12.8. The maximum absolute atomic E-state index is 13.7. The fourth-order valence-electron chi connectivity index (χ4n) is 3.79. The number of methoxy groups -OCH3 is 1. The number of hydrogen-bond acceptors (Lipinski definition) is 6. The SMILES string of the molecule is CCC(C)N(Cc1cc(NS(=O)(=O)c2ccc(OC)cc2)ccc1N(C)C)S(=O)(=O)c1cccc(Cl)c1. The van der Waals surface area contributed by atoms with Gasteiger partial charge in [-0.25, -0.2) is 16.8 Å². The lowest BCUT2D eigenvalue weighted by Gasteiger charge is -2.30. The number of sulfonamides is 2. The summed E-state index contributed by atoms with van der Waals surface area (Å²) in [6.07, 6.45) is 0.584. The molecule has 1 N–H and O–H groups in total. The molecule has 0 spiro atoms. The predicted octanol–water partition coefficient (Wildman–Crippen LogP) is 5.20. The molecule has 8 nitrogen and oxygen atoms in total. The van der Waals surface area contributed by atoms with Crippen LogP contribution in [0.3, 0.4) is 0 Å². The maximum Gasteiger partial charge on any atom is 0.261 e. The van der Waals surface area contributed by atoms with Crippen LogP contribution in [-0.4, -0.2) is 48.4 Å². The number of ether oxygens (including phenoxy) is 1. The van der Waals surface area contributed by atoms with E-state index in [9.17, 15) is 16.8 Å². The molecule has 3 aromatic carbocycles. The zero-order chi connectivity index (χ0) is 27.4. The van der Waals surface area contributed by atoms with E-state index in [0.29, 0.717) is 28.4 Å². The van der Waals surface area contributed by atoms with E-state index in [2.05, 4.69) is 4.72 Å². The smallest absolute Gasteiger partial charge is 0.261 e. The summed E-state index contributed by atoms with van der Waals surface area (Å²) in [4.78, 5) is 2.04. The molecule has 11 heteroatoms. The average molecular weight is 566 g/mol. The van der Waals surface area contributed by atoms with E-state index in [1.54, 1.807) is 42.5 Å². The molecular formula is C26H32ClN3O5S2. The lowest BCUT2D eigenvalue weighted by atomic mass is 10.1. The number of benzene rings is 3. The average Bonchev–Trinajstić information content (AvgIpc) is 2.86. The van der Waals surface area contributed by atoms with Crippen LogP contribution >= 0.6 is 11.6 Å². The van der Waals surface area contributed by atoms with Gasteiger partial charge in [0.05, 0.1) is 16.9 Å². The molecule has 0 bridgehead atoms. The highest BCUT2D eigenvalue weighted by molar-refractivity contribution is 7.92. The van der Waals surface area contributed by atoms with Crippen molar-refractivity contribution in [2.75, 3.05) is 30.8 Å². The fraction of sp³-hybridized carbons (Fsp3) is 0.308. The molecule has 0 saturated carbocycles. The van der Waals surface area contributed by atoms with E-state index in [0.717, 1.165) is 5.69 Å². The number of nitrogens with zero attached hydrogens (tertiary/aromatic N) is 2. The third-order valence-electron chi connectivity index (χ3n) is 5.99. The van der Waals surface area contributed by atoms with Crippen LogP contribution in [0.2, 0.25) is 5.02 Å². The molecule has 1 unspecified atom stereocenters. The van der Waals surface area contributed by atoms with Crippen molar-refractivity contribution >= 4 is 43.0 Å². The van der Waals surface area contributed by atoms with E-state index >= 15 is 0 Å². The van der Waals surface area contributed by atoms with Crippen molar-refractivity contribution in [1.29, 1.82) is 0 Å². The summed E-state index contributed by atoms with van der Waals surface area (Å²) >= 11 is 6.08. The van der Waals surface area contributed by atoms with Gasteiger partial charge in [-0.1, -0.05) is 24.6 Å². The quantitative estimate of drug-likeness (QED) is 0.343. The van der Waals surface area contributed by atoms with Crippen molar-refractivity contribution in [3.8, 4) is 5.75 Å². The first-order chi connectivity index (χ1) is 17.4. The molecule has 37 heavy (non-hydrogen) atoms. The molecule has 0 heterocycles. The van der Waals surface area contributed by atoms with Crippen LogP contribution in [0.5, 0.6) is 5.75 Å². The summed E-state index contributed by atoms with van der Waals surface area (Å²) in [6.45, 7) is 3.79. The first-order valence-corrected chi connectivity index (χ1v) is 14.9. The second kappa shape index (κ2) is 11.7. The van der Waals surface area contributed by atoms with Crippen molar-refractivity contribution < 1.29 is 21.6 Å². The van der Waals surface area contributed by atoms with Crippen LogP contribution in [0.1, 0.15) is 25.8 Å². The van der Waals surface area contributed by atoms with E-state index in [-0.39, 0.29) is 22.4 Å². The monoisotopic (exact) mass is 565 g/mol. The Bertz CT molecular complexity index is 1440. The van der Waals surface area contributed by atoms with Crippen molar-refractivity contribution in [3.05, 3.63) is 77.3 Å². The van der Waals surface area contributed by atoms with Gasteiger partial charge in [-0.05, 0) is 79.6 Å². The lowest BCUT2D eigenvalue weighted by molar-refractivity contribution is 0.323. The van der Waals surface area contributed by atoms with Gasteiger partial charge in [-0.2, -0.15) is 4.31 Å². The van der Waals surface area contributed by atoms with Gasteiger partial charge in [0, 0.05) is 43.1 Å². The summed E-state index contributed by atoms with van der Waals surface area (Å²) in [7, 11) is -2.58. The molecule has 3 aromatic rings. The van der Waals surface area contributed by atoms with Gasteiger partial charge in [0.15, 0.2) is 0 Å². The minimum Gasteiger partial charge on any atom is -0.497 e. The summed E-state index contributed by atoms with van der Waals surface area (Å²) in [5, 5.41) is 0.328. The van der Waals surface area contributed by atoms with Crippen LogP contribution < -0.4 is 14.4 Å². The highest BCUT2D eigenvalue weighted by Crippen LogP contribution is 2.30. The van der Waals surface area contributed by atoms with Crippen molar-refractivity contribution in [2.24, 2.45) is 0 Å². The molecule has 3 rings (SSSR count). The number of rotatable bonds is 11. The van der Waals surface area contributed by atoms with Crippen LogP contribution in [0.4, 0.5) is 11.4 Å². The topological polar surface area (TPSA) is 96.0 Å². The largest absolute Gasteiger partial charge is 0.497 e. The standard InChI is InChI=1S/C26H32ClN3O5S2/c1-6-19(2)30(37(33,34)25-9-7-8-21(27)17-25)18-20-16-22(10-15-26(20)29(3)4)28-36(31,32)24-13-11-23(35-5)12-14-24/h7-17,19,28H,6,18H2,1-5H3.